The number of nitrogens with zero attached hydrogens (tertiary/aromatic N) is 2. The number of rotatable bonds is 3. The number of ether oxygens (including phenoxy) is 1. The third-order valence-electron chi connectivity index (χ3n) is 4.51. The molecule has 5 nitrogen and oxygen atoms in total. The lowest BCUT2D eigenvalue weighted by atomic mass is 10.00. The number of aromatic nitrogens is 1. The number of benzene rings is 1. The van der Waals surface area contributed by atoms with E-state index in [1.165, 1.54) is 0 Å². The SMILES string of the molecule is Cc1oc(-c2ccccc2Cl)nc1CC(=O)N1CC(C)OCC1(C)C. The van der Waals surface area contributed by atoms with E-state index in [0.29, 0.717) is 35.5 Å². The molecule has 1 aromatic carbocycles. The second-order valence-electron chi connectivity index (χ2n) is 7.12. The van der Waals surface area contributed by atoms with Gasteiger partial charge in [0.05, 0.1) is 41.0 Å². The zero-order valence-corrected chi connectivity index (χ0v) is 15.8. The quantitative estimate of drug-likeness (QED) is 0.831. The van der Waals surface area contributed by atoms with Crippen molar-refractivity contribution >= 4 is 17.5 Å². The Balaban J connectivity index is 1.81. The van der Waals surface area contributed by atoms with Crippen LogP contribution >= 0.6 is 11.6 Å². The van der Waals surface area contributed by atoms with Gasteiger partial charge in [0.25, 0.3) is 0 Å². The zero-order valence-electron chi connectivity index (χ0n) is 15.0. The molecule has 0 saturated carbocycles. The first kappa shape index (κ1) is 18.0. The van der Waals surface area contributed by atoms with Crippen molar-refractivity contribution in [1.29, 1.82) is 0 Å². The topological polar surface area (TPSA) is 55.6 Å². The lowest BCUT2D eigenvalue weighted by Gasteiger charge is -2.44. The minimum atomic E-state index is -0.327. The minimum absolute atomic E-state index is 0.0299. The molecule has 1 aliphatic heterocycles. The van der Waals surface area contributed by atoms with E-state index in [0.717, 1.165) is 5.56 Å². The fourth-order valence-corrected chi connectivity index (χ4v) is 3.22. The molecule has 134 valence electrons. The van der Waals surface area contributed by atoms with E-state index in [1.54, 1.807) is 6.07 Å². The molecule has 1 aromatic heterocycles. The van der Waals surface area contributed by atoms with E-state index in [1.807, 2.05) is 50.8 Å². The van der Waals surface area contributed by atoms with Crippen LogP contribution in [0.1, 0.15) is 32.2 Å². The molecule has 25 heavy (non-hydrogen) atoms. The maximum Gasteiger partial charge on any atom is 0.229 e. The molecule has 0 radical (unpaired) electrons. The van der Waals surface area contributed by atoms with Gasteiger partial charge in [-0.2, -0.15) is 0 Å². The van der Waals surface area contributed by atoms with Crippen molar-refractivity contribution in [2.24, 2.45) is 0 Å². The Morgan fingerprint density at radius 2 is 2.12 bits per heavy atom. The lowest BCUT2D eigenvalue weighted by Crippen LogP contribution is -2.58. The van der Waals surface area contributed by atoms with E-state index < -0.39 is 0 Å². The first-order valence-corrected chi connectivity index (χ1v) is 8.79. The van der Waals surface area contributed by atoms with Crippen LogP contribution in [-0.4, -0.2) is 40.6 Å². The zero-order chi connectivity index (χ0) is 18.2. The van der Waals surface area contributed by atoms with Crippen LogP contribution in [0, 0.1) is 6.92 Å². The highest BCUT2D eigenvalue weighted by molar-refractivity contribution is 6.33. The van der Waals surface area contributed by atoms with Crippen molar-refractivity contribution in [3.63, 3.8) is 0 Å². The van der Waals surface area contributed by atoms with Crippen LogP contribution in [0.15, 0.2) is 28.7 Å². The molecular formula is C19H23ClN2O3. The summed E-state index contributed by atoms with van der Waals surface area (Å²) in [7, 11) is 0. The molecule has 1 aliphatic rings. The number of hydrogen-bond donors (Lipinski definition) is 0. The fourth-order valence-electron chi connectivity index (χ4n) is 3.00. The Kier molecular flexibility index (Phi) is 4.89. The number of aryl methyl sites for hydroxylation is 1. The minimum Gasteiger partial charge on any atom is -0.441 e. The smallest absolute Gasteiger partial charge is 0.229 e. The molecule has 0 bridgehead atoms. The van der Waals surface area contributed by atoms with E-state index in [4.69, 9.17) is 20.8 Å². The number of halogens is 1. The van der Waals surface area contributed by atoms with Crippen molar-refractivity contribution in [2.45, 2.75) is 45.8 Å². The molecule has 6 heteroatoms. The Morgan fingerprint density at radius 3 is 2.84 bits per heavy atom. The monoisotopic (exact) mass is 362 g/mol. The maximum atomic E-state index is 12.9. The van der Waals surface area contributed by atoms with Gasteiger partial charge in [0.15, 0.2) is 0 Å². The summed E-state index contributed by atoms with van der Waals surface area (Å²) < 4.78 is 11.4. The van der Waals surface area contributed by atoms with E-state index >= 15 is 0 Å². The van der Waals surface area contributed by atoms with Crippen LogP contribution in [0.25, 0.3) is 11.5 Å². The number of amides is 1. The molecule has 1 unspecified atom stereocenters. The van der Waals surface area contributed by atoms with Gasteiger partial charge in [0.2, 0.25) is 11.8 Å². The van der Waals surface area contributed by atoms with Gasteiger partial charge in [-0.05, 0) is 39.8 Å². The van der Waals surface area contributed by atoms with Gasteiger partial charge < -0.3 is 14.1 Å². The molecular weight excluding hydrogens is 340 g/mol. The molecule has 1 saturated heterocycles. The first-order chi connectivity index (χ1) is 11.8. The van der Waals surface area contributed by atoms with Gasteiger partial charge in [-0.3, -0.25) is 4.79 Å². The van der Waals surface area contributed by atoms with Gasteiger partial charge in [-0.1, -0.05) is 23.7 Å². The Hall–Kier alpha value is -1.85. The average Bonchev–Trinajstić information content (AvgIpc) is 2.90. The highest BCUT2D eigenvalue weighted by Crippen LogP contribution is 2.29. The third-order valence-corrected chi connectivity index (χ3v) is 4.84. The second-order valence-corrected chi connectivity index (χ2v) is 7.52. The van der Waals surface area contributed by atoms with Crippen LogP contribution in [-0.2, 0) is 16.0 Å². The number of oxazole rings is 1. The van der Waals surface area contributed by atoms with Crippen LogP contribution in [0.5, 0.6) is 0 Å². The molecule has 3 rings (SSSR count). The summed E-state index contributed by atoms with van der Waals surface area (Å²) in [6, 6.07) is 7.38. The first-order valence-electron chi connectivity index (χ1n) is 8.41. The van der Waals surface area contributed by atoms with Crippen molar-refractivity contribution in [3.05, 3.63) is 40.7 Å². The predicted molar refractivity (Wildman–Crippen MR) is 96.6 cm³/mol. The Morgan fingerprint density at radius 1 is 1.40 bits per heavy atom. The van der Waals surface area contributed by atoms with Crippen LogP contribution in [0.4, 0.5) is 0 Å². The fraction of sp³-hybridized carbons (Fsp3) is 0.474. The lowest BCUT2D eigenvalue weighted by molar-refractivity contribution is -0.152. The van der Waals surface area contributed by atoms with Gasteiger partial charge in [-0.25, -0.2) is 4.98 Å². The van der Waals surface area contributed by atoms with E-state index in [9.17, 15) is 4.79 Å². The van der Waals surface area contributed by atoms with Gasteiger partial charge in [-0.15, -0.1) is 0 Å². The standard InChI is InChI=1S/C19H23ClN2O3/c1-12-10-22(19(3,4)11-24-12)17(23)9-16-13(2)25-18(21-16)14-7-5-6-8-15(14)20/h5-8,12H,9-11H2,1-4H3. The summed E-state index contributed by atoms with van der Waals surface area (Å²) in [6.07, 6.45) is 0.240. The van der Waals surface area contributed by atoms with Crippen LogP contribution < -0.4 is 0 Å². The largest absolute Gasteiger partial charge is 0.441 e. The van der Waals surface area contributed by atoms with Gasteiger partial charge in [0.1, 0.15) is 5.76 Å². The molecule has 2 heterocycles. The highest BCUT2D eigenvalue weighted by Gasteiger charge is 2.37. The van der Waals surface area contributed by atoms with Crippen molar-refractivity contribution < 1.29 is 13.9 Å². The number of carbonyl (C=O) groups is 1. The van der Waals surface area contributed by atoms with E-state index in [-0.39, 0.29) is 24.0 Å². The third kappa shape index (κ3) is 3.72. The molecule has 2 aromatic rings. The van der Waals surface area contributed by atoms with Gasteiger partial charge >= 0.3 is 0 Å². The molecule has 0 aliphatic carbocycles. The van der Waals surface area contributed by atoms with Crippen LogP contribution in [0.3, 0.4) is 0 Å². The van der Waals surface area contributed by atoms with Crippen molar-refractivity contribution in [3.8, 4) is 11.5 Å². The Labute approximate surface area is 152 Å². The molecule has 0 spiro atoms. The van der Waals surface area contributed by atoms with Crippen LogP contribution in [0.2, 0.25) is 5.02 Å². The number of carbonyl (C=O) groups excluding carboxylic acids is 1. The van der Waals surface area contributed by atoms with Crippen molar-refractivity contribution in [2.75, 3.05) is 13.2 Å². The van der Waals surface area contributed by atoms with E-state index in [2.05, 4.69) is 4.98 Å². The molecule has 0 N–H and O–H groups in total. The normalized spacial score (nSPS) is 19.9. The predicted octanol–water partition coefficient (Wildman–Crippen LogP) is 3.87. The molecule has 1 atom stereocenters. The highest BCUT2D eigenvalue weighted by atomic mass is 35.5. The number of hydrogen-bond acceptors (Lipinski definition) is 4. The molecule has 1 amide bonds. The Bertz CT molecular complexity index is 785. The average molecular weight is 363 g/mol. The second kappa shape index (κ2) is 6.81. The summed E-state index contributed by atoms with van der Waals surface area (Å²) in [4.78, 5) is 19.2. The molecule has 1 fully saturated rings. The summed E-state index contributed by atoms with van der Waals surface area (Å²) in [5.41, 5.74) is 1.05. The van der Waals surface area contributed by atoms with Crippen molar-refractivity contribution in [1.82, 2.24) is 9.88 Å². The summed E-state index contributed by atoms with van der Waals surface area (Å²) in [5.74, 6) is 1.12. The summed E-state index contributed by atoms with van der Waals surface area (Å²) in [5, 5.41) is 0.574. The van der Waals surface area contributed by atoms with Gasteiger partial charge in [0, 0.05) is 6.54 Å². The summed E-state index contributed by atoms with van der Waals surface area (Å²) >= 11 is 6.21. The maximum absolute atomic E-state index is 12.9. The number of morpholine rings is 1. The summed E-state index contributed by atoms with van der Waals surface area (Å²) in [6.45, 7) is 8.95.